The van der Waals surface area contributed by atoms with Crippen LogP contribution < -0.4 is 0 Å². The molecule has 3 heteroatoms. The average Bonchev–Trinajstić information content (AvgIpc) is 3.03. The Balaban J connectivity index is 1.74. The van der Waals surface area contributed by atoms with E-state index in [-0.39, 0.29) is 11.7 Å². The fraction of sp³-hybridized carbons (Fsp3) is 1.00. The van der Waals surface area contributed by atoms with Gasteiger partial charge in [0.2, 0.25) is 0 Å². The standard InChI is InChI=1S/C12H20O3/c1-13-11-8-14-5-4-12(11)3-2-9-6-10(9)7-15-12/h9-11H,2-8H2,1H3/t9-,10-,11-,12-/m1/s1. The van der Waals surface area contributed by atoms with E-state index in [1.54, 1.807) is 7.11 Å². The lowest BCUT2D eigenvalue weighted by Crippen LogP contribution is -2.52. The third kappa shape index (κ3) is 1.71. The Hall–Kier alpha value is -0.120. The highest BCUT2D eigenvalue weighted by molar-refractivity contribution is 4.99. The normalized spacial score (nSPS) is 49.8. The van der Waals surface area contributed by atoms with Crippen LogP contribution in [-0.2, 0) is 14.2 Å². The Kier molecular flexibility index (Phi) is 2.49. The number of ether oxygens (including phenoxy) is 3. The molecule has 3 nitrogen and oxygen atoms in total. The van der Waals surface area contributed by atoms with Gasteiger partial charge in [0.25, 0.3) is 0 Å². The van der Waals surface area contributed by atoms with E-state index in [4.69, 9.17) is 14.2 Å². The maximum absolute atomic E-state index is 6.18. The number of rotatable bonds is 1. The molecule has 1 aliphatic carbocycles. The SMILES string of the molecule is CO[C@@H]1COCC[C@]12CC[C@@H]1C[C@@H]1CO2. The Labute approximate surface area is 91.1 Å². The minimum absolute atomic E-state index is 0.0274. The zero-order chi connectivity index (χ0) is 10.3. The van der Waals surface area contributed by atoms with E-state index in [0.717, 1.165) is 37.9 Å². The van der Waals surface area contributed by atoms with Crippen molar-refractivity contribution in [2.24, 2.45) is 11.8 Å². The van der Waals surface area contributed by atoms with Crippen LogP contribution in [-0.4, -0.2) is 38.6 Å². The molecule has 1 spiro atoms. The third-order valence-electron chi connectivity index (χ3n) is 4.40. The molecule has 0 radical (unpaired) electrons. The second kappa shape index (κ2) is 3.72. The number of hydrogen-bond donors (Lipinski definition) is 0. The van der Waals surface area contributed by atoms with Gasteiger partial charge in [0.1, 0.15) is 6.10 Å². The second-order valence-electron chi connectivity index (χ2n) is 5.22. The van der Waals surface area contributed by atoms with Crippen LogP contribution in [0.4, 0.5) is 0 Å². The lowest BCUT2D eigenvalue weighted by Gasteiger charge is -2.42. The molecule has 3 rings (SSSR count). The summed E-state index contributed by atoms with van der Waals surface area (Å²) in [5.41, 5.74) is -0.0274. The first-order valence-electron chi connectivity index (χ1n) is 6.08. The van der Waals surface area contributed by atoms with Gasteiger partial charge >= 0.3 is 0 Å². The smallest absolute Gasteiger partial charge is 0.109 e. The summed E-state index contributed by atoms with van der Waals surface area (Å²) in [6, 6.07) is 0. The Bertz CT molecular complexity index is 229. The van der Waals surface area contributed by atoms with Gasteiger partial charge in [0.05, 0.1) is 18.8 Å². The summed E-state index contributed by atoms with van der Waals surface area (Å²) in [7, 11) is 1.77. The predicted molar refractivity (Wildman–Crippen MR) is 55.7 cm³/mol. The third-order valence-corrected chi connectivity index (χ3v) is 4.40. The van der Waals surface area contributed by atoms with E-state index in [0.29, 0.717) is 6.61 Å². The molecule has 2 heterocycles. The quantitative estimate of drug-likeness (QED) is 0.661. The van der Waals surface area contributed by atoms with Crippen LogP contribution in [0.1, 0.15) is 25.7 Å². The van der Waals surface area contributed by atoms with Crippen LogP contribution >= 0.6 is 0 Å². The van der Waals surface area contributed by atoms with Crippen molar-refractivity contribution >= 4 is 0 Å². The summed E-state index contributed by atoms with van der Waals surface area (Å²) in [6.45, 7) is 2.48. The van der Waals surface area contributed by atoms with Crippen LogP contribution in [0, 0.1) is 11.8 Å². The van der Waals surface area contributed by atoms with Gasteiger partial charge in [-0.3, -0.25) is 0 Å². The first kappa shape index (κ1) is 10.1. The lowest BCUT2D eigenvalue weighted by molar-refractivity contribution is -0.194. The van der Waals surface area contributed by atoms with Crippen molar-refractivity contribution in [2.45, 2.75) is 37.4 Å². The van der Waals surface area contributed by atoms with Crippen molar-refractivity contribution < 1.29 is 14.2 Å². The van der Waals surface area contributed by atoms with Crippen molar-refractivity contribution in [1.29, 1.82) is 0 Å². The van der Waals surface area contributed by atoms with Crippen molar-refractivity contribution in [1.82, 2.24) is 0 Å². The molecule has 0 bridgehead atoms. The molecule has 0 aromatic carbocycles. The second-order valence-corrected chi connectivity index (χ2v) is 5.22. The van der Waals surface area contributed by atoms with Gasteiger partial charge < -0.3 is 14.2 Å². The fourth-order valence-electron chi connectivity index (χ4n) is 3.12. The maximum atomic E-state index is 6.18. The summed E-state index contributed by atoms with van der Waals surface area (Å²) < 4.78 is 17.2. The average molecular weight is 212 g/mol. The molecule has 0 unspecified atom stereocenters. The zero-order valence-corrected chi connectivity index (χ0v) is 9.41. The van der Waals surface area contributed by atoms with Gasteiger partial charge in [0, 0.05) is 20.1 Å². The Morgan fingerprint density at radius 2 is 2.13 bits per heavy atom. The summed E-state index contributed by atoms with van der Waals surface area (Å²) in [5.74, 6) is 1.80. The van der Waals surface area contributed by atoms with Gasteiger partial charge in [-0.2, -0.15) is 0 Å². The minimum atomic E-state index is -0.0274. The summed E-state index contributed by atoms with van der Waals surface area (Å²) >= 11 is 0. The summed E-state index contributed by atoms with van der Waals surface area (Å²) in [6.07, 6.45) is 5.03. The van der Waals surface area contributed by atoms with Crippen molar-refractivity contribution in [3.8, 4) is 0 Å². The largest absolute Gasteiger partial charge is 0.379 e. The molecule has 0 amide bonds. The Morgan fingerprint density at radius 1 is 1.20 bits per heavy atom. The number of fused-ring (bicyclic) bond motifs is 1. The van der Waals surface area contributed by atoms with Crippen LogP contribution in [0.25, 0.3) is 0 Å². The maximum Gasteiger partial charge on any atom is 0.109 e. The monoisotopic (exact) mass is 212 g/mol. The van der Waals surface area contributed by atoms with Gasteiger partial charge in [-0.25, -0.2) is 0 Å². The molecule has 3 aliphatic rings. The van der Waals surface area contributed by atoms with Crippen LogP contribution in [0.15, 0.2) is 0 Å². The summed E-state index contributed by atoms with van der Waals surface area (Å²) in [4.78, 5) is 0. The molecule has 1 saturated carbocycles. The van der Waals surface area contributed by atoms with E-state index in [2.05, 4.69) is 0 Å². The van der Waals surface area contributed by atoms with Gasteiger partial charge in [0.15, 0.2) is 0 Å². The van der Waals surface area contributed by atoms with E-state index in [9.17, 15) is 0 Å². The molecular weight excluding hydrogens is 192 g/mol. The molecular formula is C12H20O3. The van der Waals surface area contributed by atoms with Crippen molar-refractivity contribution in [3.63, 3.8) is 0 Å². The van der Waals surface area contributed by atoms with Crippen molar-refractivity contribution in [2.75, 3.05) is 26.9 Å². The van der Waals surface area contributed by atoms with Crippen molar-refractivity contribution in [3.05, 3.63) is 0 Å². The topological polar surface area (TPSA) is 27.7 Å². The van der Waals surface area contributed by atoms with Gasteiger partial charge in [-0.1, -0.05) is 0 Å². The van der Waals surface area contributed by atoms with Crippen LogP contribution in [0.2, 0.25) is 0 Å². The fourth-order valence-corrected chi connectivity index (χ4v) is 3.12. The lowest BCUT2D eigenvalue weighted by atomic mass is 9.86. The highest BCUT2D eigenvalue weighted by Gasteiger charge is 2.49. The predicted octanol–water partition coefficient (Wildman–Crippen LogP) is 1.61. The molecule has 0 aromatic rings. The zero-order valence-electron chi connectivity index (χ0n) is 9.41. The van der Waals surface area contributed by atoms with Gasteiger partial charge in [-0.05, 0) is 31.1 Å². The first-order chi connectivity index (χ1) is 7.34. The van der Waals surface area contributed by atoms with E-state index in [1.165, 1.54) is 12.8 Å². The van der Waals surface area contributed by atoms with E-state index < -0.39 is 0 Å². The van der Waals surface area contributed by atoms with E-state index >= 15 is 0 Å². The van der Waals surface area contributed by atoms with Gasteiger partial charge in [-0.15, -0.1) is 0 Å². The summed E-state index contributed by atoms with van der Waals surface area (Å²) in [5, 5.41) is 0. The molecule has 0 aromatic heterocycles. The van der Waals surface area contributed by atoms with Crippen LogP contribution in [0.3, 0.4) is 0 Å². The highest BCUT2D eigenvalue weighted by Crippen LogP contribution is 2.49. The molecule has 15 heavy (non-hydrogen) atoms. The molecule has 2 aliphatic heterocycles. The highest BCUT2D eigenvalue weighted by atomic mass is 16.6. The molecule has 4 atom stereocenters. The number of methoxy groups -OCH3 is 1. The Morgan fingerprint density at radius 3 is 3.00 bits per heavy atom. The number of hydrogen-bond acceptors (Lipinski definition) is 3. The molecule has 3 fully saturated rings. The van der Waals surface area contributed by atoms with E-state index in [1.807, 2.05) is 0 Å². The van der Waals surface area contributed by atoms with Crippen LogP contribution in [0.5, 0.6) is 0 Å². The minimum Gasteiger partial charge on any atom is -0.379 e. The molecule has 2 saturated heterocycles. The molecule has 0 N–H and O–H groups in total. The molecule has 86 valence electrons. The first-order valence-corrected chi connectivity index (χ1v) is 6.08.